The predicted molar refractivity (Wildman–Crippen MR) is 81.4 cm³/mol. The van der Waals surface area contributed by atoms with Gasteiger partial charge < -0.3 is 10.1 Å². The first kappa shape index (κ1) is 15.2. The molecule has 0 saturated carbocycles. The van der Waals surface area contributed by atoms with E-state index in [2.05, 4.69) is 10.3 Å². The second kappa shape index (κ2) is 6.99. The highest BCUT2D eigenvalue weighted by Gasteiger charge is 2.13. The summed E-state index contributed by atoms with van der Waals surface area (Å²) in [5, 5.41) is 4.47. The Labute approximate surface area is 127 Å². The van der Waals surface area contributed by atoms with Crippen LogP contribution in [0.25, 0.3) is 0 Å². The number of carbonyl (C=O) groups is 2. The van der Waals surface area contributed by atoms with E-state index in [1.807, 2.05) is 31.2 Å². The van der Waals surface area contributed by atoms with Gasteiger partial charge in [0.1, 0.15) is 5.69 Å². The molecule has 0 fully saturated rings. The van der Waals surface area contributed by atoms with Crippen LogP contribution in [0, 0.1) is 5.92 Å². The van der Waals surface area contributed by atoms with Crippen LogP contribution in [0.4, 0.5) is 5.69 Å². The highest BCUT2D eigenvalue weighted by molar-refractivity contribution is 7.07. The number of nitrogens with zero attached hydrogens (tertiary/aromatic N) is 1. The minimum atomic E-state index is -0.230. The van der Waals surface area contributed by atoms with Crippen molar-refractivity contribution in [1.82, 2.24) is 4.98 Å². The molecule has 2 aromatic rings. The van der Waals surface area contributed by atoms with Crippen LogP contribution in [0.5, 0.6) is 0 Å². The standard InChI is InChI=1S/C15H16N2O3S/c1-10(15(19)20-2)7-11-3-5-12(6-4-11)17-14(18)13-8-21-9-16-13/h3-6,8-10H,7H2,1-2H3,(H,17,18)/t10-/m1/s1. The Morgan fingerprint density at radius 3 is 2.62 bits per heavy atom. The number of rotatable bonds is 5. The first-order valence-electron chi connectivity index (χ1n) is 6.46. The molecule has 21 heavy (non-hydrogen) atoms. The molecule has 0 aliphatic heterocycles. The fourth-order valence-corrected chi connectivity index (χ4v) is 2.41. The van der Waals surface area contributed by atoms with Gasteiger partial charge in [-0.2, -0.15) is 0 Å². The average Bonchev–Trinajstić information content (AvgIpc) is 3.02. The van der Waals surface area contributed by atoms with E-state index in [0.717, 1.165) is 5.56 Å². The van der Waals surface area contributed by atoms with E-state index in [9.17, 15) is 9.59 Å². The van der Waals surface area contributed by atoms with Crippen molar-refractivity contribution >= 4 is 28.9 Å². The zero-order valence-corrected chi connectivity index (χ0v) is 12.6. The molecule has 0 radical (unpaired) electrons. The number of benzene rings is 1. The number of ether oxygens (including phenoxy) is 1. The summed E-state index contributed by atoms with van der Waals surface area (Å²) in [4.78, 5) is 27.2. The van der Waals surface area contributed by atoms with Crippen LogP contribution in [-0.2, 0) is 16.0 Å². The number of hydrogen-bond donors (Lipinski definition) is 1. The number of thiazole rings is 1. The van der Waals surface area contributed by atoms with Gasteiger partial charge in [0.2, 0.25) is 0 Å². The van der Waals surface area contributed by atoms with Crippen molar-refractivity contribution in [2.75, 3.05) is 12.4 Å². The molecule has 0 aliphatic rings. The van der Waals surface area contributed by atoms with Gasteiger partial charge in [-0.3, -0.25) is 9.59 Å². The van der Waals surface area contributed by atoms with Gasteiger partial charge in [0, 0.05) is 11.1 Å². The summed E-state index contributed by atoms with van der Waals surface area (Å²) in [7, 11) is 1.38. The van der Waals surface area contributed by atoms with Crippen LogP contribution < -0.4 is 5.32 Å². The Hall–Kier alpha value is -2.21. The summed E-state index contributed by atoms with van der Waals surface area (Å²) in [5.41, 5.74) is 3.73. The van der Waals surface area contributed by atoms with E-state index in [1.54, 1.807) is 10.9 Å². The molecule has 1 N–H and O–H groups in total. The summed E-state index contributed by atoms with van der Waals surface area (Å²) >= 11 is 1.38. The Kier molecular flexibility index (Phi) is 5.05. The van der Waals surface area contributed by atoms with Gasteiger partial charge in [0.15, 0.2) is 0 Å². The molecule has 0 unspecified atom stereocenters. The quantitative estimate of drug-likeness (QED) is 0.862. The van der Waals surface area contributed by atoms with Crippen molar-refractivity contribution < 1.29 is 14.3 Å². The Morgan fingerprint density at radius 1 is 1.33 bits per heavy atom. The summed E-state index contributed by atoms with van der Waals surface area (Å²) in [6.45, 7) is 1.82. The minimum absolute atomic E-state index is 0.189. The molecule has 1 atom stereocenters. The van der Waals surface area contributed by atoms with Gasteiger partial charge in [0.05, 0.1) is 18.5 Å². The first-order valence-corrected chi connectivity index (χ1v) is 7.40. The first-order chi connectivity index (χ1) is 10.1. The molecule has 5 nitrogen and oxygen atoms in total. The fourth-order valence-electron chi connectivity index (χ4n) is 1.88. The molecule has 0 aliphatic carbocycles. The van der Waals surface area contributed by atoms with Crippen molar-refractivity contribution in [3.8, 4) is 0 Å². The smallest absolute Gasteiger partial charge is 0.308 e. The summed E-state index contributed by atoms with van der Waals surface area (Å²) in [6, 6.07) is 7.39. The Balaban J connectivity index is 1.96. The lowest BCUT2D eigenvalue weighted by Gasteiger charge is -2.10. The van der Waals surface area contributed by atoms with Crippen molar-refractivity contribution in [3.05, 3.63) is 46.4 Å². The number of methoxy groups -OCH3 is 1. The van der Waals surface area contributed by atoms with E-state index in [0.29, 0.717) is 17.8 Å². The van der Waals surface area contributed by atoms with E-state index in [-0.39, 0.29) is 17.8 Å². The summed E-state index contributed by atoms with van der Waals surface area (Å²) < 4.78 is 4.70. The molecule has 2 rings (SSSR count). The van der Waals surface area contributed by atoms with Crippen LogP contribution in [0.2, 0.25) is 0 Å². The zero-order chi connectivity index (χ0) is 15.2. The lowest BCUT2D eigenvalue weighted by atomic mass is 10.0. The van der Waals surface area contributed by atoms with Gasteiger partial charge >= 0.3 is 5.97 Å². The van der Waals surface area contributed by atoms with E-state index in [1.165, 1.54) is 18.4 Å². The molecule has 1 heterocycles. The lowest BCUT2D eigenvalue weighted by Crippen LogP contribution is -2.15. The molecule has 0 spiro atoms. The molecule has 1 aromatic heterocycles. The van der Waals surface area contributed by atoms with E-state index >= 15 is 0 Å². The number of aromatic nitrogens is 1. The van der Waals surface area contributed by atoms with Crippen molar-refractivity contribution in [3.63, 3.8) is 0 Å². The third-order valence-electron chi connectivity index (χ3n) is 3.02. The third-order valence-corrected chi connectivity index (χ3v) is 3.61. The largest absolute Gasteiger partial charge is 0.469 e. The van der Waals surface area contributed by atoms with Crippen molar-refractivity contribution in [1.29, 1.82) is 0 Å². The van der Waals surface area contributed by atoms with Crippen LogP contribution in [0.1, 0.15) is 23.0 Å². The number of amides is 1. The highest BCUT2D eigenvalue weighted by Crippen LogP contribution is 2.15. The molecular weight excluding hydrogens is 288 g/mol. The summed E-state index contributed by atoms with van der Waals surface area (Å²) in [6.07, 6.45) is 0.604. The van der Waals surface area contributed by atoms with Crippen LogP contribution >= 0.6 is 11.3 Å². The predicted octanol–water partition coefficient (Wildman–Crippen LogP) is 2.75. The number of nitrogens with one attached hydrogen (secondary N) is 1. The third kappa shape index (κ3) is 4.13. The van der Waals surface area contributed by atoms with Gasteiger partial charge in [-0.15, -0.1) is 11.3 Å². The Morgan fingerprint density at radius 2 is 2.05 bits per heavy atom. The maximum Gasteiger partial charge on any atom is 0.308 e. The van der Waals surface area contributed by atoms with E-state index in [4.69, 9.17) is 4.74 Å². The molecule has 110 valence electrons. The normalized spacial score (nSPS) is 11.7. The van der Waals surface area contributed by atoms with Gasteiger partial charge in [-0.25, -0.2) is 4.98 Å². The Bertz CT molecular complexity index is 608. The number of anilines is 1. The topological polar surface area (TPSA) is 68.3 Å². The molecule has 1 amide bonds. The van der Waals surface area contributed by atoms with E-state index < -0.39 is 0 Å². The number of carbonyl (C=O) groups excluding carboxylic acids is 2. The van der Waals surface area contributed by atoms with Gasteiger partial charge in [0.25, 0.3) is 5.91 Å². The molecule has 0 saturated heterocycles. The van der Waals surface area contributed by atoms with Crippen LogP contribution in [0.3, 0.4) is 0 Å². The minimum Gasteiger partial charge on any atom is -0.469 e. The maximum absolute atomic E-state index is 11.8. The maximum atomic E-state index is 11.8. The molecule has 1 aromatic carbocycles. The summed E-state index contributed by atoms with van der Waals surface area (Å²) in [5.74, 6) is -0.645. The average molecular weight is 304 g/mol. The fraction of sp³-hybridized carbons (Fsp3) is 0.267. The number of hydrogen-bond acceptors (Lipinski definition) is 5. The van der Waals surface area contributed by atoms with Gasteiger partial charge in [-0.1, -0.05) is 19.1 Å². The molecule has 6 heteroatoms. The highest BCUT2D eigenvalue weighted by atomic mass is 32.1. The second-order valence-corrected chi connectivity index (χ2v) is 5.37. The SMILES string of the molecule is COC(=O)[C@H](C)Cc1ccc(NC(=O)c2cscn2)cc1. The zero-order valence-electron chi connectivity index (χ0n) is 11.8. The lowest BCUT2D eigenvalue weighted by molar-refractivity contribution is -0.144. The molecular formula is C15H16N2O3S. The van der Waals surface area contributed by atoms with Crippen LogP contribution in [-0.4, -0.2) is 24.0 Å². The second-order valence-electron chi connectivity index (χ2n) is 4.65. The van der Waals surface area contributed by atoms with Gasteiger partial charge in [-0.05, 0) is 24.1 Å². The number of esters is 1. The van der Waals surface area contributed by atoms with Crippen LogP contribution in [0.15, 0.2) is 35.2 Å². The van der Waals surface area contributed by atoms with Crippen molar-refractivity contribution in [2.45, 2.75) is 13.3 Å². The molecule has 0 bridgehead atoms. The van der Waals surface area contributed by atoms with Crippen molar-refractivity contribution in [2.24, 2.45) is 5.92 Å². The monoisotopic (exact) mass is 304 g/mol.